The maximum Gasteiger partial charge on any atom is 0.154 e. The van der Waals surface area contributed by atoms with Gasteiger partial charge in [0.2, 0.25) is 0 Å². The highest BCUT2D eigenvalue weighted by Gasteiger charge is 2.37. The highest BCUT2D eigenvalue weighted by molar-refractivity contribution is 6.30. The lowest BCUT2D eigenvalue weighted by atomic mass is 9.91. The Bertz CT molecular complexity index is 1070. The van der Waals surface area contributed by atoms with E-state index in [4.69, 9.17) is 21.4 Å². The summed E-state index contributed by atoms with van der Waals surface area (Å²) < 4.78 is 5.79. The molecule has 0 radical (unpaired) electrons. The zero-order chi connectivity index (χ0) is 20.5. The molecular weight excluding hydrogens is 398 g/mol. The van der Waals surface area contributed by atoms with Gasteiger partial charge in [0.25, 0.3) is 0 Å². The smallest absolute Gasteiger partial charge is 0.154 e. The van der Waals surface area contributed by atoms with Crippen LogP contribution < -0.4 is 4.90 Å². The standard InChI is InChI=1S/C23H22ClN5O/c24-18-4-1-3-17(11-18)20-12-22(30-27-20)21-6-2-5-19-15-28(9-10-29(19)21)23-8-7-16(13-25)14-26-23/h1,3-4,7-8,11-12,14,19,21H,2,5-6,9-10,15H2/t19-,21+/m0/s1. The third-order valence-electron chi connectivity index (χ3n) is 6.12. The fourth-order valence-corrected chi connectivity index (χ4v) is 4.82. The van der Waals surface area contributed by atoms with Crippen LogP contribution in [-0.2, 0) is 0 Å². The SMILES string of the molecule is N#Cc1ccc(N2CCN3[C@@H](CCC[C@@H]3c3cc(-c4cccc(Cl)c4)no3)C2)nc1. The third-order valence-corrected chi connectivity index (χ3v) is 6.36. The molecule has 5 rings (SSSR count). The summed E-state index contributed by atoms with van der Waals surface area (Å²) in [7, 11) is 0. The number of hydrogen-bond donors (Lipinski definition) is 0. The molecule has 0 aliphatic carbocycles. The van der Waals surface area contributed by atoms with E-state index < -0.39 is 0 Å². The normalized spacial score (nSPS) is 21.8. The molecule has 3 aromatic rings. The van der Waals surface area contributed by atoms with Crippen LogP contribution in [0.1, 0.15) is 36.6 Å². The van der Waals surface area contributed by atoms with Crippen LogP contribution in [0.25, 0.3) is 11.3 Å². The molecule has 7 heteroatoms. The second kappa shape index (κ2) is 8.10. The lowest BCUT2D eigenvalue weighted by molar-refractivity contribution is 0.0558. The summed E-state index contributed by atoms with van der Waals surface area (Å²) in [6.45, 7) is 2.79. The molecule has 0 unspecified atom stereocenters. The minimum absolute atomic E-state index is 0.250. The van der Waals surface area contributed by atoms with Crippen LogP contribution in [0, 0.1) is 11.3 Å². The number of benzene rings is 1. The summed E-state index contributed by atoms with van der Waals surface area (Å²) >= 11 is 6.13. The van der Waals surface area contributed by atoms with Gasteiger partial charge in [0, 0.05) is 48.5 Å². The van der Waals surface area contributed by atoms with Crippen molar-refractivity contribution in [2.75, 3.05) is 24.5 Å². The number of nitriles is 1. The average molecular weight is 420 g/mol. The highest BCUT2D eigenvalue weighted by atomic mass is 35.5. The number of anilines is 1. The molecule has 1 aromatic carbocycles. The monoisotopic (exact) mass is 419 g/mol. The van der Waals surface area contributed by atoms with Crippen LogP contribution in [0.15, 0.2) is 53.2 Å². The summed E-state index contributed by atoms with van der Waals surface area (Å²) in [6, 6.07) is 16.4. The van der Waals surface area contributed by atoms with Crippen molar-refractivity contribution in [1.82, 2.24) is 15.0 Å². The lowest BCUT2D eigenvalue weighted by Crippen LogP contribution is -2.56. The van der Waals surface area contributed by atoms with E-state index >= 15 is 0 Å². The predicted octanol–water partition coefficient (Wildman–Crippen LogP) is 4.68. The number of hydrogen-bond acceptors (Lipinski definition) is 6. The predicted molar refractivity (Wildman–Crippen MR) is 115 cm³/mol. The number of aromatic nitrogens is 2. The van der Waals surface area contributed by atoms with Gasteiger partial charge >= 0.3 is 0 Å². The second-order valence-corrected chi connectivity index (χ2v) is 8.36. The van der Waals surface area contributed by atoms with E-state index in [0.29, 0.717) is 16.6 Å². The molecule has 2 aliphatic heterocycles. The molecule has 2 aromatic heterocycles. The summed E-state index contributed by atoms with van der Waals surface area (Å²) in [5.41, 5.74) is 2.40. The van der Waals surface area contributed by atoms with Gasteiger partial charge in [-0.1, -0.05) is 28.9 Å². The Morgan fingerprint density at radius 1 is 1.13 bits per heavy atom. The van der Waals surface area contributed by atoms with Crippen molar-refractivity contribution in [2.24, 2.45) is 0 Å². The maximum atomic E-state index is 8.99. The molecule has 30 heavy (non-hydrogen) atoms. The molecule has 2 atom stereocenters. The number of pyridine rings is 1. The van der Waals surface area contributed by atoms with Gasteiger partial charge in [-0.3, -0.25) is 4.90 Å². The minimum atomic E-state index is 0.250. The first kappa shape index (κ1) is 19.1. The number of piperidine rings is 1. The molecule has 2 aliphatic rings. The van der Waals surface area contributed by atoms with Crippen molar-refractivity contribution in [3.05, 3.63) is 65.0 Å². The first-order valence-corrected chi connectivity index (χ1v) is 10.7. The Labute approximate surface area is 180 Å². The summed E-state index contributed by atoms with van der Waals surface area (Å²) in [4.78, 5) is 9.36. The van der Waals surface area contributed by atoms with Crippen molar-refractivity contribution in [3.8, 4) is 17.3 Å². The average Bonchev–Trinajstić information content (AvgIpc) is 3.28. The minimum Gasteiger partial charge on any atom is -0.359 e. The zero-order valence-electron chi connectivity index (χ0n) is 16.5. The molecule has 6 nitrogen and oxygen atoms in total. The zero-order valence-corrected chi connectivity index (χ0v) is 17.3. The molecule has 0 N–H and O–H groups in total. The van der Waals surface area contributed by atoms with E-state index in [-0.39, 0.29) is 6.04 Å². The van der Waals surface area contributed by atoms with Crippen molar-refractivity contribution in [2.45, 2.75) is 31.3 Å². The first-order chi connectivity index (χ1) is 14.7. The van der Waals surface area contributed by atoms with E-state index in [2.05, 4.69) is 32.1 Å². The van der Waals surface area contributed by atoms with Gasteiger partial charge in [-0.15, -0.1) is 0 Å². The number of rotatable bonds is 3. The summed E-state index contributed by atoms with van der Waals surface area (Å²) in [5.74, 6) is 1.87. The van der Waals surface area contributed by atoms with E-state index in [1.54, 1.807) is 6.20 Å². The number of halogens is 1. The van der Waals surface area contributed by atoms with Gasteiger partial charge < -0.3 is 9.42 Å². The van der Waals surface area contributed by atoms with Crippen LogP contribution in [0.5, 0.6) is 0 Å². The van der Waals surface area contributed by atoms with Crippen LogP contribution in [0.2, 0.25) is 5.02 Å². The molecule has 0 amide bonds. The van der Waals surface area contributed by atoms with Gasteiger partial charge in [0.05, 0.1) is 11.6 Å². The topological polar surface area (TPSA) is 69.2 Å². The number of fused-ring (bicyclic) bond motifs is 1. The number of piperazine rings is 1. The van der Waals surface area contributed by atoms with Crippen LogP contribution in [0.4, 0.5) is 5.82 Å². The Morgan fingerprint density at radius 2 is 2.07 bits per heavy atom. The third kappa shape index (κ3) is 3.67. The molecule has 152 valence electrons. The Balaban J connectivity index is 1.32. The Hall–Kier alpha value is -2.88. The van der Waals surface area contributed by atoms with Crippen molar-refractivity contribution in [1.29, 1.82) is 5.26 Å². The van der Waals surface area contributed by atoms with Gasteiger partial charge in [-0.25, -0.2) is 4.98 Å². The van der Waals surface area contributed by atoms with Gasteiger partial charge in [0.1, 0.15) is 17.6 Å². The maximum absolute atomic E-state index is 8.99. The van der Waals surface area contributed by atoms with E-state index in [0.717, 1.165) is 55.3 Å². The lowest BCUT2D eigenvalue weighted by Gasteiger charge is -2.47. The number of nitrogens with zero attached hydrogens (tertiary/aromatic N) is 5. The quantitative estimate of drug-likeness (QED) is 0.614. The van der Waals surface area contributed by atoms with Gasteiger partial charge in [-0.2, -0.15) is 5.26 Å². The van der Waals surface area contributed by atoms with Crippen molar-refractivity contribution >= 4 is 17.4 Å². The van der Waals surface area contributed by atoms with Gasteiger partial charge in [0.15, 0.2) is 5.76 Å². The molecule has 2 saturated heterocycles. The molecular formula is C23H22ClN5O. The molecule has 0 saturated carbocycles. The largest absolute Gasteiger partial charge is 0.359 e. The molecule has 2 fully saturated rings. The van der Waals surface area contributed by atoms with Gasteiger partial charge in [-0.05, 0) is 43.5 Å². The van der Waals surface area contributed by atoms with Crippen LogP contribution >= 0.6 is 11.6 Å². The second-order valence-electron chi connectivity index (χ2n) is 7.93. The summed E-state index contributed by atoms with van der Waals surface area (Å²) in [6.07, 6.45) is 5.05. The molecule has 0 spiro atoms. The van der Waals surface area contributed by atoms with Crippen molar-refractivity contribution < 1.29 is 4.52 Å². The Kier molecular flexibility index (Phi) is 5.16. The fourth-order valence-electron chi connectivity index (χ4n) is 4.63. The van der Waals surface area contributed by atoms with Crippen molar-refractivity contribution in [3.63, 3.8) is 0 Å². The van der Waals surface area contributed by atoms with Crippen LogP contribution in [-0.4, -0.2) is 40.7 Å². The van der Waals surface area contributed by atoms with Crippen LogP contribution in [0.3, 0.4) is 0 Å². The summed E-state index contributed by atoms with van der Waals surface area (Å²) in [5, 5.41) is 14.0. The van der Waals surface area contributed by atoms with E-state index in [1.165, 1.54) is 6.42 Å². The molecule has 4 heterocycles. The highest BCUT2D eigenvalue weighted by Crippen LogP contribution is 2.38. The fraction of sp³-hybridized carbons (Fsp3) is 0.348. The first-order valence-electron chi connectivity index (χ1n) is 10.3. The van der Waals surface area contributed by atoms with E-state index in [1.807, 2.05) is 36.4 Å². The van der Waals surface area contributed by atoms with E-state index in [9.17, 15) is 0 Å². The molecule has 0 bridgehead atoms. The Morgan fingerprint density at radius 3 is 2.87 bits per heavy atom.